The molecule has 2 aromatic rings. The first-order valence-corrected chi connectivity index (χ1v) is 7.71. The third kappa shape index (κ3) is 3.89. The molecule has 5 heteroatoms. The highest BCUT2D eigenvalue weighted by molar-refractivity contribution is 9.10. The Bertz CT molecular complexity index is 700. The van der Waals surface area contributed by atoms with Crippen LogP contribution >= 0.6 is 28.1 Å². The van der Waals surface area contributed by atoms with E-state index < -0.39 is 0 Å². The van der Waals surface area contributed by atoms with Crippen molar-refractivity contribution in [1.82, 2.24) is 0 Å². The Hall–Kier alpha value is -1.72. The van der Waals surface area contributed by atoms with Gasteiger partial charge in [-0.05, 0) is 42.3 Å². The van der Waals surface area contributed by atoms with Crippen molar-refractivity contribution in [1.29, 1.82) is 0 Å². The van der Waals surface area contributed by atoms with E-state index in [-0.39, 0.29) is 10.9 Å². The molecule has 21 heavy (non-hydrogen) atoms. The van der Waals surface area contributed by atoms with E-state index in [0.717, 1.165) is 22.1 Å². The molecule has 0 spiro atoms. The smallest absolute Gasteiger partial charge is 0.255 e. The fraction of sp³-hybridized carbons (Fsp3) is 0.125. The maximum atomic E-state index is 12.3. The average molecular weight is 363 g/mol. The number of amides is 1. The lowest BCUT2D eigenvalue weighted by atomic mass is 10.1. The molecule has 0 atom stereocenters. The molecule has 0 radical (unpaired) electrons. The Morgan fingerprint density at radius 1 is 1.24 bits per heavy atom. The summed E-state index contributed by atoms with van der Waals surface area (Å²) in [5.74, 6) is -0.176. The maximum absolute atomic E-state index is 12.3. The summed E-state index contributed by atoms with van der Waals surface area (Å²) in [7, 11) is 0. The highest BCUT2D eigenvalue weighted by atomic mass is 79.9. The first-order valence-electron chi connectivity index (χ1n) is 6.51. The number of hydrogen-bond donors (Lipinski definition) is 2. The van der Waals surface area contributed by atoms with Crippen LogP contribution in [0.1, 0.15) is 28.4 Å². The molecule has 0 saturated carbocycles. The van der Waals surface area contributed by atoms with Crippen molar-refractivity contribution < 1.29 is 4.79 Å². The second kappa shape index (κ2) is 6.83. The zero-order valence-corrected chi connectivity index (χ0v) is 13.9. The van der Waals surface area contributed by atoms with Crippen LogP contribution in [-0.4, -0.2) is 10.9 Å². The van der Waals surface area contributed by atoms with E-state index in [1.807, 2.05) is 25.1 Å². The lowest BCUT2D eigenvalue weighted by Gasteiger charge is -2.11. The van der Waals surface area contributed by atoms with Crippen LogP contribution in [0.4, 0.5) is 5.69 Å². The molecule has 3 N–H and O–H groups in total. The van der Waals surface area contributed by atoms with Gasteiger partial charge >= 0.3 is 0 Å². The molecule has 3 nitrogen and oxygen atoms in total. The minimum absolute atomic E-state index is 0.176. The third-order valence-corrected chi connectivity index (χ3v) is 3.83. The summed E-state index contributed by atoms with van der Waals surface area (Å²) in [6.07, 6.45) is 0.835. The van der Waals surface area contributed by atoms with Crippen molar-refractivity contribution >= 4 is 44.7 Å². The summed E-state index contributed by atoms with van der Waals surface area (Å²) in [5.41, 5.74) is 8.69. The standard InChI is InChI=1S/C16H15BrN2OS/c1-2-10-9-13(17)6-7-14(10)19-16(20)12-5-3-4-11(8-12)15(18)21/h3-9H,2H2,1H3,(H2,18,21)(H,19,20). The van der Waals surface area contributed by atoms with Crippen LogP contribution in [0, 0.1) is 0 Å². The van der Waals surface area contributed by atoms with E-state index in [9.17, 15) is 4.79 Å². The van der Waals surface area contributed by atoms with Gasteiger partial charge in [-0.2, -0.15) is 0 Å². The molecule has 0 fully saturated rings. The number of nitrogens with two attached hydrogens (primary N) is 1. The fourth-order valence-corrected chi connectivity index (χ4v) is 2.52. The van der Waals surface area contributed by atoms with Gasteiger partial charge in [-0.25, -0.2) is 0 Å². The zero-order chi connectivity index (χ0) is 15.4. The Kier molecular flexibility index (Phi) is 5.09. The van der Waals surface area contributed by atoms with Crippen molar-refractivity contribution in [3.8, 4) is 0 Å². The van der Waals surface area contributed by atoms with Gasteiger partial charge in [0.15, 0.2) is 0 Å². The topological polar surface area (TPSA) is 55.1 Å². The van der Waals surface area contributed by atoms with Crippen LogP contribution in [0.2, 0.25) is 0 Å². The molecule has 0 aliphatic carbocycles. The molecule has 2 aromatic carbocycles. The molecular weight excluding hydrogens is 348 g/mol. The number of carbonyl (C=O) groups is 1. The van der Waals surface area contributed by atoms with Crippen LogP contribution in [0.3, 0.4) is 0 Å². The Balaban J connectivity index is 2.26. The molecule has 0 aliphatic rings. The number of nitrogens with one attached hydrogen (secondary N) is 1. The van der Waals surface area contributed by atoms with Crippen molar-refractivity contribution in [2.45, 2.75) is 13.3 Å². The van der Waals surface area contributed by atoms with E-state index in [2.05, 4.69) is 21.2 Å². The van der Waals surface area contributed by atoms with Crippen molar-refractivity contribution in [3.05, 3.63) is 63.6 Å². The maximum Gasteiger partial charge on any atom is 0.255 e. The fourth-order valence-electron chi connectivity index (χ4n) is 1.98. The summed E-state index contributed by atoms with van der Waals surface area (Å²) in [6, 6.07) is 12.8. The number of rotatable bonds is 4. The third-order valence-electron chi connectivity index (χ3n) is 3.11. The molecule has 2 rings (SSSR count). The van der Waals surface area contributed by atoms with Gasteiger partial charge in [-0.15, -0.1) is 0 Å². The van der Waals surface area contributed by atoms with E-state index in [4.69, 9.17) is 18.0 Å². The largest absolute Gasteiger partial charge is 0.389 e. The highest BCUT2D eigenvalue weighted by Gasteiger charge is 2.10. The minimum Gasteiger partial charge on any atom is -0.389 e. The van der Waals surface area contributed by atoms with Gasteiger partial charge < -0.3 is 11.1 Å². The summed E-state index contributed by atoms with van der Waals surface area (Å²) >= 11 is 8.37. The van der Waals surface area contributed by atoms with Gasteiger partial charge in [0, 0.05) is 21.3 Å². The quantitative estimate of drug-likeness (QED) is 0.811. The number of halogens is 1. The molecule has 0 unspecified atom stereocenters. The Morgan fingerprint density at radius 2 is 1.95 bits per heavy atom. The lowest BCUT2D eigenvalue weighted by molar-refractivity contribution is 0.102. The van der Waals surface area contributed by atoms with Gasteiger partial charge in [0.2, 0.25) is 0 Å². The number of carbonyl (C=O) groups excluding carboxylic acids is 1. The Labute approximate surface area is 137 Å². The SMILES string of the molecule is CCc1cc(Br)ccc1NC(=O)c1cccc(C(N)=S)c1. The van der Waals surface area contributed by atoms with Crippen molar-refractivity contribution in [2.24, 2.45) is 5.73 Å². The first kappa shape index (κ1) is 15.7. The molecule has 0 heterocycles. The normalized spacial score (nSPS) is 10.2. The Morgan fingerprint density at radius 3 is 2.62 bits per heavy atom. The zero-order valence-electron chi connectivity index (χ0n) is 11.5. The molecule has 108 valence electrons. The van der Waals surface area contributed by atoms with Crippen LogP contribution < -0.4 is 11.1 Å². The highest BCUT2D eigenvalue weighted by Crippen LogP contribution is 2.22. The summed E-state index contributed by atoms with van der Waals surface area (Å²) in [5, 5.41) is 2.93. The van der Waals surface area contributed by atoms with Crippen LogP contribution in [0.15, 0.2) is 46.9 Å². The predicted molar refractivity (Wildman–Crippen MR) is 93.8 cm³/mol. The van der Waals surface area contributed by atoms with E-state index in [1.165, 1.54) is 0 Å². The molecule has 0 saturated heterocycles. The second-order valence-corrected chi connectivity index (χ2v) is 5.91. The monoisotopic (exact) mass is 362 g/mol. The predicted octanol–water partition coefficient (Wildman–Crippen LogP) is 3.90. The number of aryl methyl sites for hydroxylation is 1. The van der Waals surface area contributed by atoms with Gasteiger partial charge in [-0.3, -0.25) is 4.79 Å². The van der Waals surface area contributed by atoms with Crippen molar-refractivity contribution in [2.75, 3.05) is 5.32 Å². The first-order chi connectivity index (χ1) is 10.0. The summed E-state index contributed by atoms with van der Waals surface area (Å²) in [6.45, 7) is 2.05. The summed E-state index contributed by atoms with van der Waals surface area (Å²) in [4.78, 5) is 12.6. The summed E-state index contributed by atoms with van der Waals surface area (Å²) < 4.78 is 0.993. The minimum atomic E-state index is -0.176. The van der Waals surface area contributed by atoms with Crippen LogP contribution in [-0.2, 0) is 6.42 Å². The number of hydrogen-bond acceptors (Lipinski definition) is 2. The molecular formula is C16H15BrN2OS. The lowest BCUT2D eigenvalue weighted by Crippen LogP contribution is -2.15. The van der Waals surface area contributed by atoms with Gasteiger partial charge in [0.1, 0.15) is 4.99 Å². The van der Waals surface area contributed by atoms with E-state index >= 15 is 0 Å². The number of anilines is 1. The molecule has 0 aliphatic heterocycles. The molecule has 0 aromatic heterocycles. The number of benzene rings is 2. The van der Waals surface area contributed by atoms with Crippen LogP contribution in [0.25, 0.3) is 0 Å². The average Bonchev–Trinajstić information content (AvgIpc) is 2.49. The van der Waals surface area contributed by atoms with Crippen molar-refractivity contribution in [3.63, 3.8) is 0 Å². The van der Waals surface area contributed by atoms with Gasteiger partial charge in [0.05, 0.1) is 0 Å². The molecule has 1 amide bonds. The van der Waals surface area contributed by atoms with Gasteiger partial charge in [-0.1, -0.05) is 47.2 Å². The van der Waals surface area contributed by atoms with Crippen LogP contribution in [0.5, 0.6) is 0 Å². The van der Waals surface area contributed by atoms with E-state index in [1.54, 1.807) is 24.3 Å². The second-order valence-electron chi connectivity index (χ2n) is 4.55. The molecule has 0 bridgehead atoms. The van der Waals surface area contributed by atoms with Gasteiger partial charge in [0.25, 0.3) is 5.91 Å². The number of thiocarbonyl (C=S) groups is 1. The van der Waals surface area contributed by atoms with E-state index in [0.29, 0.717) is 11.1 Å².